The Morgan fingerprint density at radius 2 is 2.24 bits per heavy atom. The number of nitrogens with zero attached hydrogens (tertiary/aromatic N) is 2. The monoisotopic (exact) mass is 308 g/mol. The average Bonchev–Trinajstić information content (AvgIpc) is 2.75. The second-order valence-corrected chi connectivity index (χ2v) is 5.99. The highest BCUT2D eigenvalue weighted by atomic mass is 79.9. The first-order valence-electron chi connectivity index (χ1n) is 5.74. The summed E-state index contributed by atoms with van der Waals surface area (Å²) in [5, 5.41) is 3.12. The van der Waals surface area contributed by atoms with E-state index in [2.05, 4.69) is 57.0 Å². The first kappa shape index (κ1) is 11.2. The van der Waals surface area contributed by atoms with Crippen molar-refractivity contribution in [1.82, 2.24) is 4.98 Å². The molecule has 1 aromatic heterocycles. The Morgan fingerprint density at radius 3 is 3.00 bits per heavy atom. The van der Waals surface area contributed by atoms with E-state index >= 15 is 0 Å². The van der Waals surface area contributed by atoms with E-state index in [0.29, 0.717) is 6.04 Å². The summed E-state index contributed by atoms with van der Waals surface area (Å²) in [6.45, 7) is 2.27. The highest BCUT2D eigenvalue weighted by Crippen LogP contribution is 2.38. The fourth-order valence-corrected chi connectivity index (χ4v) is 3.70. The summed E-state index contributed by atoms with van der Waals surface area (Å²) in [5.74, 6) is 0. The lowest BCUT2D eigenvalue weighted by molar-refractivity contribution is 0.617. The van der Waals surface area contributed by atoms with Crippen LogP contribution in [0.1, 0.15) is 18.9 Å². The van der Waals surface area contributed by atoms with Gasteiger partial charge >= 0.3 is 0 Å². The minimum atomic E-state index is 0.517. The Bertz CT molecular complexity index is 538. The fourth-order valence-electron chi connectivity index (χ4n) is 2.34. The molecule has 1 unspecified atom stereocenters. The lowest BCUT2D eigenvalue weighted by atomic mass is 9.97. The molecule has 1 atom stereocenters. The predicted molar refractivity (Wildman–Crippen MR) is 76.2 cm³/mol. The third-order valence-electron chi connectivity index (χ3n) is 3.19. The molecule has 1 aliphatic heterocycles. The molecule has 0 N–H and O–H groups in total. The number of hydrogen-bond donors (Lipinski definition) is 0. The minimum Gasteiger partial charge on any atom is -0.315 e. The average molecular weight is 309 g/mol. The van der Waals surface area contributed by atoms with Crippen molar-refractivity contribution in [1.29, 1.82) is 0 Å². The topological polar surface area (TPSA) is 16.1 Å². The van der Waals surface area contributed by atoms with Crippen molar-refractivity contribution in [2.24, 2.45) is 0 Å². The van der Waals surface area contributed by atoms with E-state index in [9.17, 15) is 0 Å². The first-order valence-corrected chi connectivity index (χ1v) is 7.41. The molecule has 1 aliphatic rings. The molecule has 88 valence electrons. The number of benzene rings is 1. The molecule has 0 spiro atoms. The van der Waals surface area contributed by atoms with Crippen molar-refractivity contribution >= 4 is 38.1 Å². The van der Waals surface area contributed by atoms with Crippen LogP contribution < -0.4 is 4.90 Å². The van der Waals surface area contributed by atoms with E-state index in [1.54, 1.807) is 11.3 Å². The number of anilines is 2. The Balaban J connectivity index is 2.09. The standard InChI is InChI=1S/C13H13BrN2S/c1-9-6-7-10-4-2-3-5-11(10)16(9)13-15-12(14)8-17-13/h2-5,8-9H,6-7H2,1H3. The SMILES string of the molecule is CC1CCc2ccccc2N1c1nc(Br)cs1. The van der Waals surface area contributed by atoms with E-state index in [0.717, 1.165) is 9.73 Å². The van der Waals surface area contributed by atoms with Gasteiger partial charge in [0.05, 0.1) is 0 Å². The first-order chi connectivity index (χ1) is 8.25. The maximum atomic E-state index is 4.54. The van der Waals surface area contributed by atoms with Crippen molar-refractivity contribution in [2.45, 2.75) is 25.8 Å². The zero-order valence-corrected chi connectivity index (χ0v) is 12.0. The van der Waals surface area contributed by atoms with Gasteiger partial charge in [-0.2, -0.15) is 0 Å². The van der Waals surface area contributed by atoms with Crippen molar-refractivity contribution in [3.8, 4) is 0 Å². The number of aromatic nitrogens is 1. The Morgan fingerprint density at radius 1 is 1.41 bits per heavy atom. The van der Waals surface area contributed by atoms with Crippen LogP contribution in [0, 0.1) is 0 Å². The number of halogens is 1. The van der Waals surface area contributed by atoms with Crippen molar-refractivity contribution in [3.05, 3.63) is 39.8 Å². The summed E-state index contributed by atoms with van der Waals surface area (Å²) in [6, 6.07) is 9.15. The minimum absolute atomic E-state index is 0.517. The molecule has 0 amide bonds. The zero-order valence-electron chi connectivity index (χ0n) is 9.56. The molecule has 0 saturated carbocycles. The molecule has 0 radical (unpaired) electrons. The van der Waals surface area contributed by atoms with Crippen LogP contribution in [-0.4, -0.2) is 11.0 Å². The van der Waals surface area contributed by atoms with Crippen LogP contribution in [-0.2, 0) is 6.42 Å². The Kier molecular flexibility index (Phi) is 2.92. The number of thiazole rings is 1. The van der Waals surface area contributed by atoms with Crippen LogP contribution in [0.25, 0.3) is 0 Å². The normalized spacial score (nSPS) is 19.2. The summed E-state index contributed by atoms with van der Waals surface area (Å²) < 4.78 is 0.924. The van der Waals surface area contributed by atoms with Gasteiger partial charge in [-0.1, -0.05) is 18.2 Å². The molecule has 0 fully saturated rings. The van der Waals surface area contributed by atoms with Gasteiger partial charge in [-0.15, -0.1) is 11.3 Å². The molecule has 4 heteroatoms. The lowest BCUT2D eigenvalue weighted by Crippen LogP contribution is -2.33. The molecule has 2 heterocycles. The van der Waals surface area contributed by atoms with E-state index in [1.165, 1.54) is 24.1 Å². The second kappa shape index (κ2) is 4.42. The molecular weight excluding hydrogens is 296 g/mol. The number of hydrogen-bond acceptors (Lipinski definition) is 3. The Labute approximate surface area is 113 Å². The van der Waals surface area contributed by atoms with Crippen molar-refractivity contribution in [2.75, 3.05) is 4.90 Å². The quantitative estimate of drug-likeness (QED) is 0.777. The number of para-hydroxylation sites is 1. The van der Waals surface area contributed by atoms with Crippen molar-refractivity contribution < 1.29 is 0 Å². The summed E-state index contributed by atoms with van der Waals surface area (Å²) in [5.41, 5.74) is 2.74. The molecule has 0 saturated heterocycles. The van der Waals surface area contributed by atoms with Crippen LogP contribution in [0.4, 0.5) is 10.8 Å². The predicted octanol–water partition coefficient (Wildman–Crippen LogP) is 4.38. The van der Waals surface area contributed by atoms with E-state index in [1.807, 2.05) is 5.38 Å². The molecular formula is C13H13BrN2S. The highest BCUT2D eigenvalue weighted by molar-refractivity contribution is 9.10. The smallest absolute Gasteiger partial charge is 0.191 e. The Hall–Kier alpha value is -0.870. The van der Waals surface area contributed by atoms with Crippen LogP contribution >= 0.6 is 27.3 Å². The number of fused-ring (bicyclic) bond motifs is 1. The molecule has 2 aromatic rings. The van der Waals surface area contributed by atoms with Gasteiger partial charge < -0.3 is 4.90 Å². The fraction of sp³-hybridized carbons (Fsp3) is 0.308. The highest BCUT2D eigenvalue weighted by Gasteiger charge is 2.25. The largest absolute Gasteiger partial charge is 0.315 e. The second-order valence-electron chi connectivity index (χ2n) is 4.34. The molecule has 1 aromatic carbocycles. The third kappa shape index (κ3) is 2.00. The molecule has 17 heavy (non-hydrogen) atoms. The molecule has 0 aliphatic carbocycles. The molecule has 2 nitrogen and oxygen atoms in total. The van der Waals surface area contributed by atoms with Crippen molar-refractivity contribution in [3.63, 3.8) is 0 Å². The van der Waals surface area contributed by atoms with Gasteiger partial charge in [-0.3, -0.25) is 0 Å². The maximum Gasteiger partial charge on any atom is 0.191 e. The summed E-state index contributed by atoms with van der Waals surface area (Å²) in [4.78, 5) is 6.90. The van der Waals surface area contributed by atoms with E-state index < -0.39 is 0 Å². The van der Waals surface area contributed by atoms with Crippen LogP contribution in [0.2, 0.25) is 0 Å². The lowest BCUT2D eigenvalue weighted by Gasteiger charge is -2.35. The molecule has 3 rings (SSSR count). The van der Waals surface area contributed by atoms with Gasteiger partial charge in [0.1, 0.15) is 4.60 Å². The zero-order chi connectivity index (χ0) is 11.8. The summed E-state index contributed by atoms with van der Waals surface area (Å²) in [6.07, 6.45) is 2.36. The van der Waals surface area contributed by atoms with Gasteiger partial charge in [0.15, 0.2) is 5.13 Å². The summed E-state index contributed by atoms with van der Waals surface area (Å²) >= 11 is 5.12. The van der Waals surface area contributed by atoms with Gasteiger partial charge in [-0.05, 0) is 47.3 Å². The maximum absolute atomic E-state index is 4.54. The van der Waals surface area contributed by atoms with Gasteiger partial charge in [0.2, 0.25) is 0 Å². The van der Waals surface area contributed by atoms with E-state index in [-0.39, 0.29) is 0 Å². The van der Waals surface area contributed by atoms with Crippen LogP contribution in [0.15, 0.2) is 34.2 Å². The molecule has 0 bridgehead atoms. The van der Waals surface area contributed by atoms with Gasteiger partial charge in [0, 0.05) is 17.1 Å². The number of aryl methyl sites for hydroxylation is 1. The summed E-state index contributed by atoms with van der Waals surface area (Å²) in [7, 11) is 0. The number of rotatable bonds is 1. The van der Waals surface area contributed by atoms with Crippen LogP contribution in [0.3, 0.4) is 0 Å². The van der Waals surface area contributed by atoms with Crippen LogP contribution in [0.5, 0.6) is 0 Å². The van der Waals surface area contributed by atoms with Gasteiger partial charge in [-0.25, -0.2) is 4.98 Å². The van der Waals surface area contributed by atoms with E-state index in [4.69, 9.17) is 0 Å². The third-order valence-corrected chi connectivity index (χ3v) is 4.74. The van der Waals surface area contributed by atoms with Gasteiger partial charge in [0.25, 0.3) is 0 Å².